The van der Waals surface area contributed by atoms with Crippen LogP contribution >= 0.6 is 0 Å². The molecule has 31 heavy (non-hydrogen) atoms. The molecule has 3 amide bonds. The van der Waals surface area contributed by atoms with Crippen molar-refractivity contribution >= 4 is 28.6 Å². The summed E-state index contributed by atoms with van der Waals surface area (Å²) in [6.45, 7) is 1.69. The molecule has 10 nitrogen and oxygen atoms in total. The Morgan fingerprint density at radius 3 is 2.65 bits per heavy atom. The Labute approximate surface area is 179 Å². The van der Waals surface area contributed by atoms with Crippen LogP contribution in [0, 0.1) is 0 Å². The van der Waals surface area contributed by atoms with Gasteiger partial charge in [-0.25, -0.2) is 0 Å². The monoisotopic (exact) mass is 431 g/mol. The summed E-state index contributed by atoms with van der Waals surface area (Å²) in [6, 6.07) is 4.86. The zero-order chi connectivity index (χ0) is 22.7. The predicted molar refractivity (Wildman–Crippen MR) is 114 cm³/mol. The molecule has 1 aliphatic rings. The number of ether oxygens (including phenoxy) is 1. The largest absolute Gasteiger partial charge is 0.391 e. The molecule has 5 atom stereocenters. The number of amides is 3. The van der Waals surface area contributed by atoms with E-state index in [4.69, 9.17) is 16.2 Å². The van der Waals surface area contributed by atoms with E-state index in [0.29, 0.717) is 13.0 Å². The van der Waals surface area contributed by atoms with Crippen molar-refractivity contribution in [3.05, 3.63) is 36.0 Å². The van der Waals surface area contributed by atoms with E-state index in [1.165, 1.54) is 14.0 Å². The van der Waals surface area contributed by atoms with Crippen molar-refractivity contribution in [2.75, 3.05) is 13.7 Å². The van der Waals surface area contributed by atoms with Gasteiger partial charge in [-0.1, -0.05) is 18.2 Å². The SMILES string of the molecule is COC1CC(C(N)=O)N([C@@H](Cc2c[nH]c3ccccc23)C(=O)N[C@H](C(N)=O)[C@@H](C)O)C1. The highest BCUT2D eigenvalue weighted by Gasteiger charge is 2.43. The first-order valence-corrected chi connectivity index (χ1v) is 10.1. The third-order valence-corrected chi connectivity index (χ3v) is 5.84. The van der Waals surface area contributed by atoms with E-state index in [1.807, 2.05) is 30.5 Å². The van der Waals surface area contributed by atoms with Crippen LogP contribution in [0.2, 0.25) is 0 Å². The average Bonchev–Trinajstić information content (AvgIpc) is 3.33. The number of aliphatic hydroxyl groups excluding tert-OH is 1. The van der Waals surface area contributed by atoms with Crippen LogP contribution in [0.1, 0.15) is 18.9 Å². The number of hydrogen-bond donors (Lipinski definition) is 5. The molecule has 0 radical (unpaired) electrons. The number of hydrogen-bond acceptors (Lipinski definition) is 6. The van der Waals surface area contributed by atoms with Crippen molar-refractivity contribution < 1.29 is 24.2 Å². The first-order chi connectivity index (χ1) is 14.7. The van der Waals surface area contributed by atoms with Gasteiger partial charge < -0.3 is 31.6 Å². The molecular weight excluding hydrogens is 402 g/mol. The number of aliphatic hydroxyl groups is 1. The number of carbonyl (C=O) groups is 3. The lowest BCUT2D eigenvalue weighted by Crippen LogP contribution is -2.58. The summed E-state index contributed by atoms with van der Waals surface area (Å²) >= 11 is 0. The summed E-state index contributed by atoms with van der Waals surface area (Å²) in [7, 11) is 1.54. The molecule has 0 aliphatic carbocycles. The van der Waals surface area contributed by atoms with Gasteiger partial charge >= 0.3 is 0 Å². The van der Waals surface area contributed by atoms with Gasteiger partial charge in [-0.15, -0.1) is 0 Å². The molecule has 10 heteroatoms. The Bertz CT molecular complexity index is 959. The van der Waals surface area contributed by atoms with Crippen LogP contribution in [0.3, 0.4) is 0 Å². The molecule has 2 heterocycles. The summed E-state index contributed by atoms with van der Waals surface area (Å²) in [6.07, 6.45) is 0.987. The topological polar surface area (TPSA) is 164 Å². The second-order valence-corrected chi connectivity index (χ2v) is 7.92. The van der Waals surface area contributed by atoms with Gasteiger partial charge in [0.25, 0.3) is 0 Å². The zero-order valence-corrected chi connectivity index (χ0v) is 17.6. The number of nitrogens with zero attached hydrogens (tertiary/aromatic N) is 1. The van der Waals surface area contributed by atoms with Crippen molar-refractivity contribution in [2.24, 2.45) is 11.5 Å². The molecule has 1 aliphatic heterocycles. The van der Waals surface area contributed by atoms with E-state index < -0.39 is 42.0 Å². The minimum absolute atomic E-state index is 0.251. The van der Waals surface area contributed by atoms with E-state index in [0.717, 1.165) is 16.5 Å². The van der Waals surface area contributed by atoms with Crippen molar-refractivity contribution in [1.29, 1.82) is 0 Å². The maximum atomic E-state index is 13.3. The second-order valence-electron chi connectivity index (χ2n) is 7.92. The van der Waals surface area contributed by atoms with Crippen molar-refractivity contribution in [3.8, 4) is 0 Å². The number of fused-ring (bicyclic) bond motifs is 1. The molecule has 0 bridgehead atoms. The Hall–Kier alpha value is -2.95. The zero-order valence-electron chi connectivity index (χ0n) is 17.6. The second kappa shape index (κ2) is 9.46. The Morgan fingerprint density at radius 2 is 2.03 bits per heavy atom. The van der Waals surface area contributed by atoms with Gasteiger partial charge in [0, 0.05) is 30.8 Å². The fourth-order valence-corrected chi connectivity index (χ4v) is 4.16. The minimum Gasteiger partial charge on any atom is -0.391 e. The van der Waals surface area contributed by atoms with Crippen LogP contribution in [0.25, 0.3) is 10.9 Å². The van der Waals surface area contributed by atoms with E-state index in [9.17, 15) is 19.5 Å². The number of carbonyl (C=O) groups excluding carboxylic acids is 3. The number of primary amides is 2. The molecule has 7 N–H and O–H groups in total. The summed E-state index contributed by atoms with van der Waals surface area (Å²) in [5.41, 5.74) is 12.7. The number of aromatic amines is 1. The van der Waals surface area contributed by atoms with E-state index in [2.05, 4.69) is 10.3 Å². The van der Waals surface area contributed by atoms with Crippen molar-refractivity contribution in [2.45, 2.75) is 50.1 Å². The normalized spacial score (nSPS) is 22.2. The number of methoxy groups -OCH3 is 1. The lowest BCUT2D eigenvalue weighted by molar-refractivity contribution is -0.134. The Morgan fingerprint density at radius 1 is 1.32 bits per heavy atom. The first kappa shape index (κ1) is 22.7. The lowest BCUT2D eigenvalue weighted by atomic mass is 10.0. The van der Waals surface area contributed by atoms with Crippen LogP contribution in [-0.4, -0.2) is 76.7 Å². The predicted octanol–water partition coefficient (Wildman–Crippen LogP) is -0.995. The van der Waals surface area contributed by atoms with Crippen LogP contribution < -0.4 is 16.8 Å². The first-order valence-electron chi connectivity index (χ1n) is 10.1. The molecule has 168 valence electrons. The fourth-order valence-electron chi connectivity index (χ4n) is 4.16. The van der Waals surface area contributed by atoms with Gasteiger partial charge in [0.2, 0.25) is 17.7 Å². The van der Waals surface area contributed by atoms with Gasteiger partial charge in [-0.3, -0.25) is 19.3 Å². The standard InChI is InChI=1S/C21H29N5O5/c1-11(27)18(20(23)29)25-21(30)17(26-10-13(31-2)8-16(26)19(22)28)7-12-9-24-15-6-4-3-5-14(12)15/h3-6,9,11,13,16-18,24,27H,7-8,10H2,1-2H3,(H2,22,28)(H2,23,29)(H,25,30)/t11-,13?,16?,17+,18+/m1/s1. The summed E-state index contributed by atoms with van der Waals surface area (Å²) in [5, 5.41) is 13.4. The van der Waals surface area contributed by atoms with Gasteiger partial charge in [-0.2, -0.15) is 0 Å². The van der Waals surface area contributed by atoms with Gasteiger partial charge in [0.1, 0.15) is 6.04 Å². The van der Waals surface area contributed by atoms with Crippen LogP contribution in [0.15, 0.2) is 30.5 Å². The van der Waals surface area contributed by atoms with Crippen molar-refractivity contribution in [3.63, 3.8) is 0 Å². The number of rotatable bonds is 9. The number of likely N-dealkylation sites (tertiary alicyclic amines) is 1. The molecule has 3 rings (SSSR count). The highest BCUT2D eigenvalue weighted by molar-refractivity contribution is 5.91. The summed E-state index contributed by atoms with van der Waals surface area (Å²) in [4.78, 5) is 42.0. The van der Waals surface area contributed by atoms with Crippen molar-refractivity contribution in [1.82, 2.24) is 15.2 Å². The maximum Gasteiger partial charge on any atom is 0.242 e. The van der Waals surface area contributed by atoms with Crippen LogP contribution in [0.4, 0.5) is 0 Å². The lowest BCUT2D eigenvalue weighted by Gasteiger charge is -2.32. The van der Waals surface area contributed by atoms with E-state index >= 15 is 0 Å². The number of aromatic nitrogens is 1. The number of benzene rings is 1. The average molecular weight is 431 g/mol. The Kier molecular flexibility index (Phi) is 6.94. The molecule has 1 aromatic heterocycles. The highest BCUT2D eigenvalue weighted by Crippen LogP contribution is 2.27. The number of nitrogens with two attached hydrogens (primary N) is 2. The molecule has 0 spiro atoms. The molecular formula is C21H29N5O5. The van der Waals surface area contributed by atoms with E-state index in [1.54, 1.807) is 4.90 Å². The smallest absolute Gasteiger partial charge is 0.242 e. The summed E-state index contributed by atoms with van der Waals surface area (Å²) in [5.74, 6) is -1.94. The van der Waals surface area contributed by atoms with Gasteiger partial charge in [0.15, 0.2) is 0 Å². The third-order valence-electron chi connectivity index (χ3n) is 5.84. The third kappa shape index (κ3) is 4.87. The molecule has 1 fully saturated rings. The van der Waals surface area contributed by atoms with Crippen LogP contribution in [-0.2, 0) is 25.5 Å². The Balaban J connectivity index is 1.95. The molecule has 1 saturated heterocycles. The van der Waals surface area contributed by atoms with Gasteiger partial charge in [-0.05, 0) is 31.4 Å². The molecule has 0 saturated carbocycles. The number of nitrogens with one attached hydrogen (secondary N) is 2. The molecule has 2 unspecified atom stereocenters. The molecule has 2 aromatic rings. The highest BCUT2D eigenvalue weighted by atomic mass is 16.5. The maximum absolute atomic E-state index is 13.3. The van der Waals surface area contributed by atoms with Crippen LogP contribution in [0.5, 0.6) is 0 Å². The molecule has 1 aromatic carbocycles. The van der Waals surface area contributed by atoms with Gasteiger partial charge in [0.05, 0.1) is 24.3 Å². The fraction of sp³-hybridized carbons (Fsp3) is 0.476. The summed E-state index contributed by atoms with van der Waals surface area (Å²) < 4.78 is 5.41. The number of H-pyrrole nitrogens is 1. The minimum atomic E-state index is -1.26. The quantitative estimate of drug-likeness (QED) is 0.342. The number of para-hydroxylation sites is 1. The van der Waals surface area contributed by atoms with E-state index in [-0.39, 0.29) is 12.5 Å².